The highest BCUT2D eigenvalue weighted by atomic mass is 32.2. The molecule has 13 nitrogen and oxygen atoms in total. The zero-order chi connectivity index (χ0) is 37.2. The van der Waals surface area contributed by atoms with Crippen molar-refractivity contribution in [1.29, 1.82) is 0 Å². The summed E-state index contributed by atoms with van der Waals surface area (Å²) in [6.45, 7) is 11.6. The number of aromatic nitrogens is 1. The van der Waals surface area contributed by atoms with Crippen LogP contribution in [0.3, 0.4) is 0 Å². The Morgan fingerprint density at radius 2 is 1.70 bits per heavy atom. The Morgan fingerprint density at radius 3 is 2.26 bits per heavy atom. The fourth-order valence-electron chi connectivity index (χ4n) is 5.36. The first kappa shape index (κ1) is 40.4. The maximum absolute atomic E-state index is 13.9. The molecule has 1 aromatic heterocycles. The van der Waals surface area contributed by atoms with Gasteiger partial charge in [0.15, 0.2) is 0 Å². The molecule has 274 valence electrons. The lowest BCUT2D eigenvalue weighted by molar-refractivity contribution is -0.130. The van der Waals surface area contributed by atoms with E-state index in [-0.39, 0.29) is 47.0 Å². The highest BCUT2D eigenvalue weighted by Gasteiger charge is 2.31. The number of benzene rings is 1. The first-order valence-corrected chi connectivity index (χ1v) is 19.5. The van der Waals surface area contributed by atoms with E-state index >= 15 is 0 Å². The van der Waals surface area contributed by atoms with Crippen molar-refractivity contribution in [1.82, 2.24) is 31.6 Å². The van der Waals surface area contributed by atoms with E-state index in [9.17, 15) is 27.6 Å². The number of amides is 4. The van der Waals surface area contributed by atoms with Gasteiger partial charge in [-0.2, -0.15) is 0 Å². The van der Waals surface area contributed by atoms with Crippen molar-refractivity contribution in [3.63, 3.8) is 0 Å². The van der Waals surface area contributed by atoms with Crippen molar-refractivity contribution in [3.8, 4) is 0 Å². The van der Waals surface area contributed by atoms with Crippen LogP contribution in [0, 0.1) is 11.8 Å². The van der Waals surface area contributed by atoms with Crippen molar-refractivity contribution < 1.29 is 27.6 Å². The maximum atomic E-state index is 13.9. The van der Waals surface area contributed by atoms with E-state index in [4.69, 9.17) is 0 Å². The molecule has 0 saturated heterocycles. The van der Waals surface area contributed by atoms with Gasteiger partial charge in [-0.1, -0.05) is 38.2 Å². The number of thiazole rings is 1. The van der Waals surface area contributed by atoms with Crippen LogP contribution in [0.5, 0.6) is 0 Å². The fourth-order valence-corrected chi connectivity index (χ4v) is 6.42. The maximum Gasteiger partial charge on any atom is 0.251 e. The molecule has 1 aromatic carbocycles. The number of nitrogens with zero attached hydrogens (tertiary/aromatic N) is 2. The second kappa shape index (κ2) is 17.7. The number of hydrogen-bond donors (Lipinski definition) is 5. The fraction of sp³-hybridized carbons (Fsp3) is 0.514. The third kappa shape index (κ3) is 11.5. The summed E-state index contributed by atoms with van der Waals surface area (Å²) < 4.78 is 26.0. The Kier molecular flexibility index (Phi) is 14.3. The Hall–Kier alpha value is -4.08. The normalized spacial score (nSPS) is 16.3. The molecule has 1 aliphatic carbocycles. The lowest BCUT2D eigenvalue weighted by atomic mass is 9.82. The van der Waals surface area contributed by atoms with Gasteiger partial charge in [-0.15, -0.1) is 11.3 Å². The third-order valence-electron chi connectivity index (χ3n) is 8.58. The zero-order valence-corrected chi connectivity index (χ0v) is 31.7. The number of hydrogen-bond acceptors (Lipinski definition) is 9. The van der Waals surface area contributed by atoms with Crippen LogP contribution in [-0.2, 0) is 26.0 Å². The summed E-state index contributed by atoms with van der Waals surface area (Å²) in [4.78, 5) is 57.4. The number of likely N-dealkylation sites (N-methyl/N-ethyl adjacent to an activating group) is 1. The van der Waals surface area contributed by atoms with E-state index in [0.717, 1.165) is 22.7 Å². The average Bonchev–Trinajstić information content (AvgIpc) is 3.58. The summed E-state index contributed by atoms with van der Waals surface area (Å²) in [7, 11) is -2.37. The number of carbonyl (C=O) groups excluding carboxylic acids is 4. The topological polar surface area (TPSA) is 179 Å². The van der Waals surface area contributed by atoms with Crippen molar-refractivity contribution >= 4 is 50.7 Å². The molecule has 1 heterocycles. The smallest absolute Gasteiger partial charge is 0.251 e. The minimum Gasteiger partial charge on any atom is -0.355 e. The lowest BCUT2D eigenvalue weighted by Crippen LogP contribution is -2.55. The quantitative estimate of drug-likeness (QED) is 0.165. The van der Waals surface area contributed by atoms with Gasteiger partial charge >= 0.3 is 0 Å². The van der Waals surface area contributed by atoms with Crippen LogP contribution in [-0.4, -0.2) is 87.1 Å². The van der Waals surface area contributed by atoms with Crippen molar-refractivity contribution in [2.75, 3.05) is 30.7 Å². The zero-order valence-electron chi connectivity index (χ0n) is 30.1. The van der Waals surface area contributed by atoms with Crippen molar-refractivity contribution in [2.45, 2.75) is 78.0 Å². The van der Waals surface area contributed by atoms with Gasteiger partial charge in [0.25, 0.3) is 11.8 Å². The molecule has 1 unspecified atom stereocenters. The second-order valence-electron chi connectivity index (χ2n) is 13.4. The summed E-state index contributed by atoms with van der Waals surface area (Å²) >= 11 is 1.41. The minimum absolute atomic E-state index is 0.0364. The van der Waals surface area contributed by atoms with Crippen molar-refractivity contribution in [2.24, 2.45) is 11.8 Å². The first-order chi connectivity index (χ1) is 23.4. The number of allylic oxidation sites excluding steroid dienone is 3. The Balaban J connectivity index is 1.85. The predicted octanol–water partition coefficient (Wildman–Crippen LogP) is 2.78. The van der Waals surface area contributed by atoms with E-state index in [1.54, 1.807) is 12.4 Å². The van der Waals surface area contributed by atoms with Crippen LogP contribution in [0.1, 0.15) is 74.4 Å². The summed E-state index contributed by atoms with van der Waals surface area (Å²) in [5, 5.41) is 16.6. The largest absolute Gasteiger partial charge is 0.355 e. The molecule has 0 radical (unpaired) electrons. The summed E-state index contributed by atoms with van der Waals surface area (Å²) in [5.41, 5.74) is 2.13. The van der Waals surface area contributed by atoms with Gasteiger partial charge in [0.1, 0.15) is 6.04 Å². The molecule has 0 bridgehead atoms. The molecule has 0 saturated carbocycles. The predicted molar refractivity (Wildman–Crippen MR) is 198 cm³/mol. The molecule has 3 rings (SSSR count). The molecule has 4 atom stereocenters. The van der Waals surface area contributed by atoms with E-state index < -0.39 is 45.5 Å². The standard InChI is InChI=1S/C35H51N7O6S2/c1-9-36-34(46)30(22(2)3)40-31(43)23(4)37-19-27(18-28-20-49-21-38-28)39-32(44)24-15-25(17-29(16-24)42(7)50(8,47)48)33(45)41-35(5,6)26-13-11-10-12-14-26/h10-13,15-17,20-23,26-27,30,37H,9,14,18-19H2,1-8H3,(H,36,46)(H,39,44)(H,40,43)(H,41,45)/t23-,26?,27-,30-/m0/s1. The average molecular weight is 730 g/mol. The Labute approximate surface area is 299 Å². The molecule has 5 N–H and O–H groups in total. The van der Waals surface area contributed by atoms with Gasteiger partial charge in [-0.25, -0.2) is 13.4 Å². The van der Waals surface area contributed by atoms with E-state index in [2.05, 4.69) is 31.6 Å². The molecule has 0 fully saturated rings. The minimum atomic E-state index is -3.73. The number of rotatable bonds is 17. The van der Waals surface area contributed by atoms with Crippen LogP contribution < -0.4 is 30.9 Å². The molecule has 0 aliphatic heterocycles. The van der Waals surface area contributed by atoms with Crippen LogP contribution in [0.2, 0.25) is 0 Å². The molecule has 1 aliphatic rings. The van der Waals surface area contributed by atoms with Gasteiger partial charge < -0.3 is 26.6 Å². The van der Waals surface area contributed by atoms with Gasteiger partial charge in [0, 0.05) is 60.6 Å². The van der Waals surface area contributed by atoms with Crippen LogP contribution in [0.15, 0.2) is 53.4 Å². The number of sulfonamides is 1. The second-order valence-corrected chi connectivity index (χ2v) is 16.2. The summed E-state index contributed by atoms with van der Waals surface area (Å²) in [6, 6.07) is 2.34. The van der Waals surface area contributed by atoms with E-state index in [1.807, 2.05) is 64.3 Å². The molecule has 0 spiro atoms. The Bertz CT molecular complexity index is 1670. The van der Waals surface area contributed by atoms with Crippen LogP contribution >= 0.6 is 11.3 Å². The molecular weight excluding hydrogens is 679 g/mol. The number of nitrogens with one attached hydrogen (secondary N) is 5. The SMILES string of the molecule is CCNC(=O)[C@@H](NC(=O)[C@H](C)NC[C@H](Cc1cscn1)NC(=O)c1cc(C(=O)NC(C)(C)C2C=CC=CC2)cc(N(C)S(C)(=O)=O)c1)C(C)C. The van der Waals surface area contributed by atoms with Gasteiger partial charge in [0.05, 0.1) is 29.2 Å². The van der Waals surface area contributed by atoms with E-state index in [0.29, 0.717) is 13.0 Å². The van der Waals surface area contributed by atoms with Crippen molar-refractivity contribution in [3.05, 3.63) is 70.2 Å². The Morgan fingerprint density at radius 1 is 1.02 bits per heavy atom. The highest BCUT2D eigenvalue weighted by Crippen LogP contribution is 2.27. The van der Waals surface area contributed by atoms with Crippen LogP contribution in [0.25, 0.3) is 0 Å². The lowest BCUT2D eigenvalue weighted by Gasteiger charge is -2.34. The summed E-state index contributed by atoms with van der Waals surface area (Å²) in [5.74, 6) is -1.73. The number of anilines is 1. The van der Waals surface area contributed by atoms with Gasteiger partial charge in [-0.3, -0.25) is 23.5 Å². The first-order valence-electron chi connectivity index (χ1n) is 16.7. The molecular formula is C35H51N7O6S2. The molecule has 2 aromatic rings. The van der Waals surface area contributed by atoms with E-state index in [1.165, 1.54) is 36.6 Å². The molecule has 50 heavy (non-hydrogen) atoms. The highest BCUT2D eigenvalue weighted by molar-refractivity contribution is 7.92. The molecule has 4 amide bonds. The summed E-state index contributed by atoms with van der Waals surface area (Å²) in [6.07, 6.45) is 10.1. The van der Waals surface area contributed by atoms with Gasteiger partial charge in [0.2, 0.25) is 21.8 Å². The molecule has 15 heteroatoms. The monoisotopic (exact) mass is 729 g/mol. The number of carbonyl (C=O) groups is 4. The third-order valence-corrected chi connectivity index (χ3v) is 10.4. The van der Waals surface area contributed by atoms with Gasteiger partial charge in [-0.05, 0) is 58.2 Å². The van der Waals surface area contributed by atoms with Crippen LogP contribution in [0.4, 0.5) is 5.69 Å².